The van der Waals surface area contributed by atoms with Crippen molar-refractivity contribution in [3.8, 4) is 0 Å². The van der Waals surface area contributed by atoms with Crippen LogP contribution in [0.15, 0.2) is 24.3 Å². The van der Waals surface area contributed by atoms with Gasteiger partial charge in [0.1, 0.15) is 0 Å². The average molecular weight is 260 g/mol. The van der Waals surface area contributed by atoms with Gasteiger partial charge in [-0.2, -0.15) is 0 Å². The van der Waals surface area contributed by atoms with Crippen LogP contribution in [0.3, 0.4) is 0 Å². The molecule has 0 aromatic heterocycles. The predicted octanol–water partition coefficient (Wildman–Crippen LogP) is 3.37. The Bertz CT molecular complexity index is 431. The molecule has 1 aliphatic carbocycles. The lowest BCUT2D eigenvalue weighted by Crippen LogP contribution is -2.45. The Morgan fingerprint density at radius 2 is 2.00 bits per heavy atom. The molecule has 3 nitrogen and oxygen atoms in total. The van der Waals surface area contributed by atoms with Crippen LogP contribution in [0, 0.1) is 12.8 Å². The molecule has 1 aromatic rings. The van der Waals surface area contributed by atoms with E-state index < -0.39 is 0 Å². The summed E-state index contributed by atoms with van der Waals surface area (Å²) in [4.78, 5) is 11.9. The van der Waals surface area contributed by atoms with Gasteiger partial charge in [0.25, 0.3) is 0 Å². The number of hydrogen-bond donors (Lipinski definition) is 2. The molecule has 0 heterocycles. The Hall–Kier alpha value is -1.51. The first-order valence-electron chi connectivity index (χ1n) is 7.25. The molecule has 1 aromatic carbocycles. The summed E-state index contributed by atoms with van der Waals surface area (Å²) in [5.41, 5.74) is 2.39. The molecule has 2 amide bonds. The Kier molecular flexibility index (Phi) is 4.83. The van der Waals surface area contributed by atoms with Gasteiger partial charge in [-0.3, -0.25) is 0 Å². The van der Waals surface area contributed by atoms with Crippen LogP contribution in [-0.2, 0) is 6.54 Å². The number of benzene rings is 1. The van der Waals surface area contributed by atoms with E-state index in [1.165, 1.54) is 30.4 Å². The highest BCUT2D eigenvalue weighted by molar-refractivity contribution is 5.74. The fraction of sp³-hybridized carbons (Fsp3) is 0.562. The van der Waals surface area contributed by atoms with E-state index >= 15 is 0 Å². The van der Waals surface area contributed by atoms with Crippen LogP contribution in [0.4, 0.5) is 4.79 Å². The second-order valence-electron chi connectivity index (χ2n) is 5.62. The molecule has 2 N–H and O–H groups in total. The van der Waals surface area contributed by atoms with Crippen LogP contribution < -0.4 is 10.6 Å². The third kappa shape index (κ3) is 3.98. The van der Waals surface area contributed by atoms with E-state index in [1.54, 1.807) is 0 Å². The SMILES string of the molecule is Cc1ccccc1CNC(=O)NC1CCCCC1C. The van der Waals surface area contributed by atoms with Crippen LogP contribution in [-0.4, -0.2) is 12.1 Å². The zero-order valence-electron chi connectivity index (χ0n) is 11.9. The zero-order valence-corrected chi connectivity index (χ0v) is 11.9. The maximum Gasteiger partial charge on any atom is 0.315 e. The standard InChI is InChI=1S/C16H24N2O/c1-12-7-3-5-9-14(12)11-17-16(19)18-15-10-6-4-8-13(15)2/h3,5,7,9,13,15H,4,6,8,10-11H2,1-2H3,(H2,17,18,19). The number of rotatable bonds is 3. The molecule has 19 heavy (non-hydrogen) atoms. The third-order valence-electron chi connectivity index (χ3n) is 4.13. The number of hydrogen-bond acceptors (Lipinski definition) is 1. The zero-order chi connectivity index (χ0) is 13.7. The first-order chi connectivity index (χ1) is 9.16. The van der Waals surface area contributed by atoms with E-state index in [0.717, 1.165) is 6.42 Å². The molecule has 0 aliphatic heterocycles. The molecule has 3 heteroatoms. The molecule has 0 saturated heterocycles. The van der Waals surface area contributed by atoms with E-state index in [9.17, 15) is 4.79 Å². The lowest BCUT2D eigenvalue weighted by molar-refractivity contribution is 0.221. The van der Waals surface area contributed by atoms with Crippen molar-refractivity contribution in [1.29, 1.82) is 0 Å². The largest absolute Gasteiger partial charge is 0.335 e. The lowest BCUT2D eigenvalue weighted by Gasteiger charge is -2.29. The summed E-state index contributed by atoms with van der Waals surface area (Å²) in [6.07, 6.45) is 4.86. The van der Waals surface area contributed by atoms with Crippen LogP contribution in [0.1, 0.15) is 43.7 Å². The van der Waals surface area contributed by atoms with Crippen LogP contribution in [0.25, 0.3) is 0 Å². The molecular formula is C16H24N2O. The number of carbonyl (C=O) groups is 1. The normalized spacial score (nSPS) is 22.8. The second kappa shape index (κ2) is 6.60. The summed E-state index contributed by atoms with van der Waals surface area (Å²) in [7, 11) is 0. The first kappa shape index (κ1) is 13.9. The van der Waals surface area contributed by atoms with Gasteiger partial charge in [0.15, 0.2) is 0 Å². The van der Waals surface area contributed by atoms with E-state index in [2.05, 4.69) is 36.6 Å². The molecule has 104 valence electrons. The fourth-order valence-electron chi connectivity index (χ4n) is 2.73. The monoisotopic (exact) mass is 260 g/mol. The lowest BCUT2D eigenvalue weighted by atomic mass is 9.86. The van der Waals surface area contributed by atoms with E-state index in [0.29, 0.717) is 18.5 Å². The Morgan fingerprint density at radius 3 is 2.74 bits per heavy atom. The van der Waals surface area contributed by atoms with Gasteiger partial charge >= 0.3 is 6.03 Å². The molecule has 0 bridgehead atoms. The van der Waals surface area contributed by atoms with Crippen molar-refractivity contribution >= 4 is 6.03 Å². The summed E-state index contributed by atoms with van der Waals surface area (Å²) in [5.74, 6) is 0.595. The van der Waals surface area contributed by atoms with E-state index in [4.69, 9.17) is 0 Å². The molecule has 1 saturated carbocycles. The van der Waals surface area contributed by atoms with Gasteiger partial charge in [-0.1, -0.05) is 44.0 Å². The van der Waals surface area contributed by atoms with E-state index in [1.807, 2.05) is 12.1 Å². The minimum absolute atomic E-state index is 0.0398. The molecular weight excluding hydrogens is 236 g/mol. The van der Waals surface area contributed by atoms with Crippen molar-refractivity contribution in [3.63, 3.8) is 0 Å². The molecule has 0 radical (unpaired) electrons. The number of urea groups is 1. The van der Waals surface area contributed by atoms with Gasteiger partial charge in [-0.25, -0.2) is 4.79 Å². The van der Waals surface area contributed by atoms with Crippen molar-refractivity contribution < 1.29 is 4.79 Å². The Morgan fingerprint density at radius 1 is 1.26 bits per heavy atom. The summed E-state index contributed by atoms with van der Waals surface area (Å²) in [6, 6.07) is 8.44. The van der Waals surface area contributed by atoms with Gasteiger partial charge in [0.05, 0.1) is 0 Å². The summed E-state index contributed by atoms with van der Waals surface area (Å²) < 4.78 is 0. The molecule has 2 rings (SSSR count). The Balaban J connectivity index is 1.80. The van der Waals surface area contributed by atoms with Gasteiger partial charge in [0, 0.05) is 12.6 Å². The highest BCUT2D eigenvalue weighted by atomic mass is 16.2. The van der Waals surface area contributed by atoms with Crippen LogP contribution in [0.2, 0.25) is 0 Å². The first-order valence-corrected chi connectivity index (χ1v) is 7.25. The minimum atomic E-state index is -0.0398. The second-order valence-corrected chi connectivity index (χ2v) is 5.62. The summed E-state index contributed by atoms with van der Waals surface area (Å²) in [6.45, 7) is 4.89. The minimum Gasteiger partial charge on any atom is -0.335 e. The smallest absolute Gasteiger partial charge is 0.315 e. The molecule has 1 aliphatic rings. The van der Waals surface area contributed by atoms with Crippen molar-refractivity contribution in [2.45, 2.75) is 52.1 Å². The summed E-state index contributed by atoms with van der Waals surface area (Å²) in [5, 5.41) is 6.07. The van der Waals surface area contributed by atoms with Crippen molar-refractivity contribution in [2.75, 3.05) is 0 Å². The van der Waals surface area contributed by atoms with Crippen molar-refractivity contribution in [2.24, 2.45) is 5.92 Å². The molecule has 2 unspecified atom stereocenters. The van der Waals surface area contributed by atoms with E-state index in [-0.39, 0.29) is 6.03 Å². The summed E-state index contributed by atoms with van der Waals surface area (Å²) >= 11 is 0. The predicted molar refractivity (Wildman–Crippen MR) is 78.0 cm³/mol. The van der Waals surface area contributed by atoms with Gasteiger partial charge in [0.2, 0.25) is 0 Å². The highest BCUT2D eigenvalue weighted by Gasteiger charge is 2.22. The highest BCUT2D eigenvalue weighted by Crippen LogP contribution is 2.23. The average Bonchev–Trinajstić information content (AvgIpc) is 2.40. The number of nitrogens with one attached hydrogen (secondary N) is 2. The molecule has 2 atom stereocenters. The number of carbonyl (C=O) groups excluding carboxylic acids is 1. The van der Waals surface area contributed by atoms with Crippen LogP contribution >= 0.6 is 0 Å². The molecule has 1 fully saturated rings. The Labute approximate surface area is 115 Å². The van der Waals surface area contributed by atoms with Gasteiger partial charge in [-0.05, 0) is 36.8 Å². The van der Waals surface area contributed by atoms with Gasteiger partial charge < -0.3 is 10.6 Å². The quantitative estimate of drug-likeness (QED) is 0.859. The van der Waals surface area contributed by atoms with Gasteiger partial charge in [-0.15, -0.1) is 0 Å². The maximum atomic E-state index is 11.9. The number of amides is 2. The van der Waals surface area contributed by atoms with Crippen LogP contribution in [0.5, 0.6) is 0 Å². The van der Waals surface area contributed by atoms with Crippen molar-refractivity contribution in [1.82, 2.24) is 10.6 Å². The topological polar surface area (TPSA) is 41.1 Å². The fourth-order valence-corrected chi connectivity index (χ4v) is 2.73. The third-order valence-corrected chi connectivity index (χ3v) is 4.13. The number of aryl methyl sites for hydroxylation is 1. The van der Waals surface area contributed by atoms with Crippen molar-refractivity contribution in [3.05, 3.63) is 35.4 Å². The maximum absolute atomic E-state index is 11.9. The molecule has 0 spiro atoms.